The first kappa shape index (κ1) is 16.0. The Bertz CT molecular complexity index is 559. The molecule has 22 heavy (non-hydrogen) atoms. The molecule has 2 atom stereocenters. The molecule has 118 valence electrons. The zero-order chi connectivity index (χ0) is 16.1. The number of benzene rings is 1. The molecule has 0 spiro atoms. The fourth-order valence-corrected chi connectivity index (χ4v) is 2.96. The number of hydrogen-bond donors (Lipinski definition) is 2. The van der Waals surface area contributed by atoms with Gasteiger partial charge in [0.05, 0.1) is 5.92 Å². The SMILES string of the molecule is NC(=O)C1CCCN(C(=O)CCc2ccccc2)C1C(N)=O. The number of rotatable bonds is 5. The summed E-state index contributed by atoms with van der Waals surface area (Å²) in [6, 6.07) is 8.71. The van der Waals surface area contributed by atoms with Crippen LogP contribution >= 0.6 is 0 Å². The summed E-state index contributed by atoms with van der Waals surface area (Å²) in [4.78, 5) is 37.0. The summed E-state index contributed by atoms with van der Waals surface area (Å²) in [6.45, 7) is 0.436. The predicted molar refractivity (Wildman–Crippen MR) is 81.4 cm³/mol. The fourth-order valence-electron chi connectivity index (χ4n) is 2.96. The minimum Gasteiger partial charge on any atom is -0.369 e. The van der Waals surface area contributed by atoms with Gasteiger partial charge in [-0.15, -0.1) is 0 Å². The maximum absolute atomic E-state index is 12.4. The number of nitrogens with zero attached hydrogens (tertiary/aromatic N) is 1. The molecule has 1 saturated heterocycles. The largest absolute Gasteiger partial charge is 0.369 e. The normalized spacial score (nSPS) is 21.4. The first-order chi connectivity index (χ1) is 10.5. The Labute approximate surface area is 129 Å². The lowest BCUT2D eigenvalue weighted by molar-refractivity contribution is -0.146. The minimum atomic E-state index is -0.922. The van der Waals surface area contributed by atoms with Crippen molar-refractivity contribution < 1.29 is 14.4 Å². The van der Waals surface area contributed by atoms with E-state index in [0.29, 0.717) is 25.8 Å². The quantitative estimate of drug-likeness (QED) is 0.811. The van der Waals surface area contributed by atoms with Crippen LogP contribution in [0.25, 0.3) is 0 Å². The van der Waals surface area contributed by atoms with Crippen molar-refractivity contribution in [2.24, 2.45) is 17.4 Å². The summed E-state index contributed by atoms with van der Waals surface area (Å²) in [6.07, 6.45) is 2.00. The third-order valence-corrected chi connectivity index (χ3v) is 4.08. The Morgan fingerprint density at radius 3 is 2.36 bits per heavy atom. The molecule has 1 fully saturated rings. The third kappa shape index (κ3) is 3.63. The second-order valence-electron chi connectivity index (χ2n) is 5.57. The Balaban J connectivity index is 2.06. The van der Waals surface area contributed by atoms with Gasteiger partial charge in [-0.25, -0.2) is 0 Å². The van der Waals surface area contributed by atoms with E-state index in [4.69, 9.17) is 11.5 Å². The van der Waals surface area contributed by atoms with Gasteiger partial charge in [0.15, 0.2) is 0 Å². The number of likely N-dealkylation sites (tertiary alicyclic amines) is 1. The van der Waals surface area contributed by atoms with E-state index in [-0.39, 0.29) is 12.3 Å². The van der Waals surface area contributed by atoms with Crippen molar-refractivity contribution in [3.63, 3.8) is 0 Å². The van der Waals surface area contributed by atoms with E-state index in [1.54, 1.807) is 0 Å². The highest BCUT2D eigenvalue weighted by atomic mass is 16.2. The Morgan fingerprint density at radius 2 is 1.77 bits per heavy atom. The summed E-state index contributed by atoms with van der Waals surface area (Å²) in [5, 5.41) is 0. The van der Waals surface area contributed by atoms with Gasteiger partial charge in [0, 0.05) is 13.0 Å². The molecule has 4 N–H and O–H groups in total. The first-order valence-electron chi connectivity index (χ1n) is 7.42. The van der Waals surface area contributed by atoms with E-state index in [1.807, 2.05) is 30.3 Å². The zero-order valence-electron chi connectivity index (χ0n) is 12.4. The van der Waals surface area contributed by atoms with Crippen LogP contribution in [0, 0.1) is 5.92 Å². The van der Waals surface area contributed by atoms with Gasteiger partial charge in [-0.1, -0.05) is 30.3 Å². The van der Waals surface area contributed by atoms with Gasteiger partial charge in [-0.3, -0.25) is 14.4 Å². The summed E-state index contributed by atoms with van der Waals surface area (Å²) in [5.74, 6) is -2.11. The van der Waals surface area contributed by atoms with E-state index in [2.05, 4.69) is 0 Å². The van der Waals surface area contributed by atoms with Crippen molar-refractivity contribution in [2.45, 2.75) is 31.7 Å². The molecule has 6 nitrogen and oxygen atoms in total. The number of hydrogen-bond acceptors (Lipinski definition) is 3. The molecular formula is C16H21N3O3. The van der Waals surface area contributed by atoms with Crippen LogP contribution in [0.1, 0.15) is 24.8 Å². The van der Waals surface area contributed by atoms with Gasteiger partial charge in [0.2, 0.25) is 17.7 Å². The lowest BCUT2D eigenvalue weighted by Gasteiger charge is -2.38. The van der Waals surface area contributed by atoms with E-state index < -0.39 is 23.8 Å². The Hall–Kier alpha value is -2.37. The van der Waals surface area contributed by atoms with Gasteiger partial charge < -0.3 is 16.4 Å². The van der Waals surface area contributed by atoms with Crippen molar-refractivity contribution in [1.82, 2.24) is 4.90 Å². The number of carbonyl (C=O) groups is 3. The monoisotopic (exact) mass is 303 g/mol. The van der Waals surface area contributed by atoms with Gasteiger partial charge in [0.1, 0.15) is 6.04 Å². The third-order valence-electron chi connectivity index (χ3n) is 4.08. The number of amides is 3. The molecule has 0 saturated carbocycles. The van der Waals surface area contributed by atoms with Crippen molar-refractivity contribution in [1.29, 1.82) is 0 Å². The average Bonchev–Trinajstić information content (AvgIpc) is 2.52. The van der Waals surface area contributed by atoms with Crippen LogP contribution in [-0.4, -0.2) is 35.2 Å². The van der Waals surface area contributed by atoms with E-state index >= 15 is 0 Å². The molecule has 1 heterocycles. The number of carbonyl (C=O) groups excluding carboxylic acids is 3. The molecular weight excluding hydrogens is 282 g/mol. The molecule has 0 aliphatic carbocycles. The van der Waals surface area contributed by atoms with Crippen molar-refractivity contribution >= 4 is 17.7 Å². The smallest absolute Gasteiger partial charge is 0.241 e. The molecule has 0 radical (unpaired) electrons. The molecule has 6 heteroatoms. The second kappa shape index (κ2) is 7.06. The van der Waals surface area contributed by atoms with Crippen LogP contribution in [0.15, 0.2) is 30.3 Å². The van der Waals surface area contributed by atoms with Crippen molar-refractivity contribution in [3.8, 4) is 0 Å². The van der Waals surface area contributed by atoms with Crippen LogP contribution in [0.5, 0.6) is 0 Å². The highest BCUT2D eigenvalue weighted by molar-refractivity contribution is 5.92. The van der Waals surface area contributed by atoms with Crippen LogP contribution < -0.4 is 11.5 Å². The highest BCUT2D eigenvalue weighted by Crippen LogP contribution is 2.24. The molecule has 1 aromatic carbocycles. The lowest BCUT2D eigenvalue weighted by Crippen LogP contribution is -2.57. The molecule has 0 aromatic heterocycles. The molecule has 1 aliphatic heterocycles. The summed E-state index contributed by atoms with van der Waals surface area (Å²) < 4.78 is 0. The topological polar surface area (TPSA) is 106 Å². The molecule has 1 aliphatic rings. The number of nitrogens with two attached hydrogens (primary N) is 2. The Kier molecular flexibility index (Phi) is 5.14. The minimum absolute atomic E-state index is 0.168. The van der Waals surface area contributed by atoms with Gasteiger partial charge in [0.25, 0.3) is 0 Å². The van der Waals surface area contributed by atoms with Crippen molar-refractivity contribution in [3.05, 3.63) is 35.9 Å². The summed E-state index contributed by atoms with van der Waals surface area (Å²) in [5.41, 5.74) is 11.8. The van der Waals surface area contributed by atoms with E-state index in [0.717, 1.165) is 5.56 Å². The maximum atomic E-state index is 12.4. The molecule has 2 rings (SSSR count). The number of primary amides is 2. The molecule has 0 bridgehead atoms. The molecule has 1 aromatic rings. The number of aryl methyl sites for hydroxylation is 1. The van der Waals surface area contributed by atoms with Crippen LogP contribution in [-0.2, 0) is 20.8 Å². The second-order valence-corrected chi connectivity index (χ2v) is 5.57. The van der Waals surface area contributed by atoms with Crippen LogP contribution in [0.2, 0.25) is 0 Å². The zero-order valence-corrected chi connectivity index (χ0v) is 12.4. The van der Waals surface area contributed by atoms with Gasteiger partial charge >= 0.3 is 0 Å². The van der Waals surface area contributed by atoms with Gasteiger partial charge in [-0.2, -0.15) is 0 Å². The first-order valence-corrected chi connectivity index (χ1v) is 7.42. The highest BCUT2D eigenvalue weighted by Gasteiger charge is 2.40. The number of piperidine rings is 1. The molecule has 2 unspecified atom stereocenters. The van der Waals surface area contributed by atoms with E-state index in [1.165, 1.54) is 4.90 Å². The predicted octanol–water partition coefficient (Wildman–Crippen LogP) is 0.197. The van der Waals surface area contributed by atoms with Crippen molar-refractivity contribution in [2.75, 3.05) is 6.54 Å². The van der Waals surface area contributed by atoms with Gasteiger partial charge in [-0.05, 0) is 24.8 Å². The lowest BCUT2D eigenvalue weighted by atomic mass is 9.87. The van der Waals surface area contributed by atoms with Crippen LogP contribution in [0.4, 0.5) is 0 Å². The maximum Gasteiger partial charge on any atom is 0.241 e. The average molecular weight is 303 g/mol. The van der Waals surface area contributed by atoms with Crippen LogP contribution in [0.3, 0.4) is 0 Å². The summed E-state index contributed by atoms with van der Waals surface area (Å²) >= 11 is 0. The summed E-state index contributed by atoms with van der Waals surface area (Å²) in [7, 11) is 0. The molecule has 3 amide bonds. The van der Waals surface area contributed by atoms with E-state index in [9.17, 15) is 14.4 Å². The standard InChI is InChI=1S/C16H21N3O3/c17-15(21)12-7-4-10-19(14(12)16(18)22)13(20)9-8-11-5-2-1-3-6-11/h1-3,5-6,12,14H,4,7-10H2,(H2,17,21)(H2,18,22). The Morgan fingerprint density at radius 1 is 1.09 bits per heavy atom. The fraction of sp³-hybridized carbons (Fsp3) is 0.438.